The van der Waals surface area contributed by atoms with Crippen molar-refractivity contribution in [2.24, 2.45) is 23.7 Å². The molecule has 0 spiro atoms. The topological polar surface area (TPSA) is 71.5 Å². The largest absolute Gasteiger partial charge is 0.370 e. The molecule has 3 aliphatic rings. The Balaban J connectivity index is 1.43. The Morgan fingerprint density at radius 2 is 1.93 bits per heavy atom. The Morgan fingerprint density at radius 1 is 1.15 bits per heavy atom. The monoisotopic (exact) mass is 372 g/mol. The first-order chi connectivity index (χ1) is 13.2. The quantitative estimate of drug-likeness (QED) is 0.473. The summed E-state index contributed by atoms with van der Waals surface area (Å²) in [6, 6.07) is 3.89. The van der Waals surface area contributed by atoms with Gasteiger partial charge in [0.25, 0.3) is 0 Å². The zero-order chi connectivity index (χ0) is 18.6. The minimum atomic E-state index is 0.424. The van der Waals surface area contributed by atoms with E-state index in [-0.39, 0.29) is 0 Å². The molecule has 6 nitrogen and oxygen atoms in total. The van der Waals surface area contributed by atoms with Crippen LogP contribution < -0.4 is 11.1 Å². The second-order valence-corrected chi connectivity index (χ2v) is 8.75. The van der Waals surface area contributed by atoms with Crippen LogP contribution >= 0.6 is 0 Å². The van der Waals surface area contributed by atoms with Crippen LogP contribution in [0.5, 0.6) is 0 Å². The van der Waals surface area contributed by atoms with Crippen molar-refractivity contribution in [2.45, 2.75) is 82.3 Å². The third-order valence-corrected chi connectivity index (χ3v) is 6.68. The number of likely N-dealkylation sites (tertiary alicyclic amines) is 1. The number of hydrogen-bond acceptors (Lipinski definition) is 3. The molecule has 1 aromatic rings. The van der Waals surface area contributed by atoms with Gasteiger partial charge in [0, 0.05) is 31.9 Å². The van der Waals surface area contributed by atoms with Crippen molar-refractivity contribution in [3.05, 3.63) is 18.0 Å². The molecule has 2 heterocycles. The molecule has 1 aliphatic heterocycles. The molecule has 0 unspecified atom stereocenters. The Kier molecular flexibility index (Phi) is 6.01. The third-order valence-electron chi connectivity index (χ3n) is 6.68. The lowest BCUT2D eigenvalue weighted by molar-refractivity contribution is 0.0824. The van der Waals surface area contributed by atoms with E-state index in [4.69, 9.17) is 10.7 Å². The summed E-state index contributed by atoms with van der Waals surface area (Å²) in [4.78, 5) is 7.52. The van der Waals surface area contributed by atoms with E-state index in [0.717, 1.165) is 12.6 Å². The standard InChI is InChI=1S/C21H36N6/c1-26-19(12-13-24-26)20-16(7-6-14-27(20)18-10-11-18)15-23-21(22)25-17-8-4-2-3-5-9-17/h12-13,16-18,20H,2-11,14-15H2,1H3,(H3,22,23,25)/t16-,20+/m0/s1. The van der Waals surface area contributed by atoms with Gasteiger partial charge in [0.2, 0.25) is 0 Å². The van der Waals surface area contributed by atoms with Crippen molar-refractivity contribution in [3.8, 4) is 0 Å². The van der Waals surface area contributed by atoms with Crippen molar-refractivity contribution in [3.63, 3.8) is 0 Å². The number of aromatic nitrogens is 2. The molecule has 2 aliphatic carbocycles. The number of aryl methyl sites for hydroxylation is 1. The molecule has 4 rings (SSSR count). The van der Waals surface area contributed by atoms with Crippen LogP contribution in [0.3, 0.4) is 0 Å². The second-order valence-electron chi connectivity index (χ2n) is 8.75. The fraction of sp³-hybridized carbons (Fsp3) is 0.810. The van der Waals surface area contributed by atoms with Crippen LogP contribution in [-0.2, 0) is 7.05 Å². The summed E-state index contributed by atoms with van der Waals surface area (Å²) in [7, 11) is 2.07. The fourth-order valence-corrected chi connectivity index (χ4v) is 5.09. The van der Waals surface area contributed by atoms with Gasteiger partial charge in [0.15, 0.2) is 5.96 Å². The zero-order valence-corrected chi connectivity index (χ0v) is 16.8. The van der Waals surface area contributed by atoms with E-state index in [2.05, 4.69) is 33.1 Å². The van der Waals surface area contributed by atoms with E-state index in [1.165, 1.54) is 76.4 Å². The lowest BCUT2D eigenvalue weighted by Crippen LogP contribution is -2.43. The Morgan fingerprint density at radius 3 is 2.59 bits per heavy atom. The van der Waals surface area contributed by atoms with Crippen molar-refractivity contribution in [1.29, 1.82) is 0 Å². The maximum absolute atomic E-state index is 6.28. The maximum Gasteiger partial charge on any atom is 0.188 e. The van der Waals surface area contributed by atoms with Crippen molar-refractivity contribution < 1.29 is 0 Å². The molecule has 1 saturated heterocycles. The predicted molar refractivity (Wildman–Crippen MR) is 110 cm³/mol. The summed E-state index contributed by atoms with van der Waals surface area (Å²) in [5.74, 6) is 1.17. The number of hydrogen-bond donors (Lipinski definition) is 2. The summed E-state index contributed by atoms with van der Waals surface area (Å²) in [5, 5.41) is 7.94. The summed E-state index contributed by atoms with van der Waals surface area (Å²) < 4.78 is 2.05. The first kappa shape index (κ1) is 18.8. The van der Waals surface area contributed by atoms with E-state index in [9.17, 15) is 0 Å². The summed E-state index contributed by atoms with van der Waals surface area (Å²) in [5.41, 5.74) is 7.61. The maximum atomic E-state index is 6.28. The molecule has 6 heteroatoms. The number of guanidine groups is 1. The summed E-state index contributed by atoms with van der Waals surface area (Å²) in [6.45, 7) is 2.02. The van der Waals surface area contributed by atoms with E-state index < -0.39 is 0 Å². The minimum Gasteiger partial charge on any atom is -0.370 e. The molecule has 2 atom stereocenters. The average Bonchev–Trinajstić information content (AvgIpc) is 3.46. The van der Waals surface area contributed by atoms with Gasteiger partial charge in [-0.3, -0.25) is 14.6 Å². The molecular formula is C21H36N6. The van der Waals surface area contributed by atoms with Crippen molar-refractivity contribution in [2.75, 3.05) is 13.1 Å². The van der Waals surface area contributed by atoms with Crippen LogP contribution in [0.25, 0.3) is 0 Å². The summed E-state index contributed by atoms with van der Waals surface area (Å²) in [6.07, 6.45) is 14.9. The highest BCUT2D eigenvalue weighted by molar-refractivity contribution is 5.78. The number of piperidine rings is 1. The van der Waals surface area contributed by atoms with Gasteiger partial charge < -0.3 is 11.1 Å². The van der Waals surface area contributed by atoms with E-state index in [1.54, 1.807) is 0 Å². The van der Waals surface area contributed by atoms with Gasteiger partial charge in [-0.15, -0.1) is 0 Å². The van der Waals surface area contributed by atoms with Gasteiger partial charge in [0.1, 0.15) is 0 Å². The average molecular weight is 373 g/mol. The SMILES string of the molecule is Cn1nccc1[C@H]1[C@H](CN=C(N)NC2CCCCCC2)CCCN1C1CC1. The zero-order valence-electron chi connectivity index (χ0n) is 16.8. The lowest BCUT2D eigenvalue weighted by atomic mass is 9.86. The van der Waals surface area contributed by atoms with Crippen LogP contribution in [0, 0.1) is 5.92 Å². The van der Waals surface area contributed by atoms with Crippen LogP contribution in [0.1, 0.15) is 75.9 Å². The Hall–Kier alpha value is -1.56. The molecule has 0 bridgehead atoms. The summed E-state index contributed by atoms with van der Waals surface area (Å²) >= 11 is 0. The van der Waals surface area contributed by atoms with Gasteiger partial charge in [-0.1, -0.05) is 25.7 Å². The van der Waals surface area contributed by atoms with Crippen LogP contribution in [0.15, 0.2) is 17.3 Å². The molecule has 1 aromatic heterocycles. The van der Waals surface area contributed by atoms with Crippen molar-refractivity contribution >= 4 is 5.96 Å². The van der Waals surface area contributed by atoms with Crippen molar-refractivity contribution in [1.82, 2.24) is 20.0 Å². The minimum absolute atomic E-state index is 0.424. The Labute approximate surface area is 163 Å². The first-order valence-electron chi connectivity index (χ1n) is 11.0. The smallest absolute Gasteiger partial charge is 0.188 e. The molecule has 0 aromatic carbocycles. The van der Waals surface area contributed by atoms with E-state index in [0.29, 0.717) is 24.0 Å². The van der Waals surface area contributed by atoms with Gasteiger partial charge in [-0.25, -0.2) is 0 Å². The highest BCUT2D eigenvalue weighted by Crippen LogP contribution is 2.42. The van der Waals surface area contributed by atoms with Gasteiger partial charge >= 0.3 is 0 Å². The highest BCUT2D eigenvalue weighted by atomic mass is 15.3. The van der Waals surface area contributed by atoms with Crippen LogP contribution in [0.4, 0.5) is 0 Å². The van der Waals surface area contributed by atoms with Gasteiger partial charge in [-0.05, 0) is 57.1 Å². The first-order valence-corrected chi connectivity index (χ1v) is 11.0. The van der Waals surface area contributed by atoms with E-state index in [1.807, 2.05) is 6.20 Å². The fourth-order valence-electron chi connectivity index (χ4n) is 5.09. The lowest BCUT2D eigenvalue weighted by Gasteiger charge is -2.41. The third kappa shape index (κ3) is 4.65. The molecule has 3 fully saturated rings. The Bertz CT molecular complexity index is 626. The molecule has 0 radical (unpaired) electrons. The highest BCUT2D eigenvalue weighted by Gasteiger charge is 2.41. The van der Waals surface area contributed by atoms with E-state index >= 15 is 0 Å². The molecule has 150 valence electrons. The van der Waals surface area contributed by atoms with Gasteiger partial charge in [0.05, 0.1) is 11.7 Å². The molecule has 3 N–H and O–H groups in total. The van der Waals surface area contributed by atoms with Crippen LogP contribution in [0.2, 0.25) is 0 Å². The van der Waals surface area contributed by atoms with Gasteiger partial charge in [-0.2, -0.15) is 5.10 Å². The number of nitrogens with one attached hydrogen (secondary N) is 1. The normalized spacial score (nSPS) is 28.9. The molecule has 0 amide bonds. The molecule has 27 heavy (non-hydrogen) atoms. The number of aliphatic imine (C=N–C) groups is 1. The van der Waals surface area contributed by atoms with Crippen LogP contribution in [-0.4, -0.2) is 45.8 Å². The number of nitrogens with zero attached hydrogens (tertiary/aromatic N) is 4. The second kappa shape index (κ2) is 8.63. The molecule has 2 saturated carbocycles. The number of rotatable bonds is 5. The molecular weight excluding hydrogens is 336 g/mol. The number of nitrogens with two attached hydrogens (primary N) is 1. The predicted octanol–water partition coefficient (Wildman–Crippen LogP) is 2.96.